The molecule has 0 aromatic carbocycles. The Morgan fingerprint density at radius 1 is 1.31 bits per heavy atom. The monoisotopic (exact) mass is 180 g/mol. The van der Waals surface area contributed by atoms with Crippen molar-refractivity contribution in [2.45, 2.75) is 6.92 Å². The smallest absolute Gasteiger partial charge is 0.204 e. The van der Waals surface area contributed by atoms with Crippen LogP contribution in [0.2, 0.25) is 0 Å². The Bertz CT molecular complexity index is 342. The summed E-state index contributed by atoms with van der Waals surface area (Å²) >= 11 is 0. The topological polar surface area (TPSA) is 60.3 Å². The van der Waals surface area contributed by atoms with Gasteiger partial charge in [0.1, 0.15) is 19.0 Å². The van der Waals surface area contributed by atoms with Crippen molar-refractivity contribution in [3.05, 3.63) is 11.8 Å². The van der Waals surface area contributed by atoms with E-state index in [1.54, 1.807) is 0 Å². The minimum Gasteiger partial charge on any atom is -0.484 e. The van der Waals surface area contributed by atoms with Crippen LogP contribution < -0.4 is 15.2 Å². The predicted molar refractivity (Wildman–Crippen MR) is 50.9 cm³/mol. The Morgan fingerprint density at radius 3 is 2.69 bits per heavy atom. The maximum absolute atomic E-state index is 5.70. The van der Waals surface area contributed by atoms with Crippen LogP contribution in [0.3, 0.4) is 0 Å². The molecule has 0 spiro atoms. The maximum Gasteiger partial charge on any atom is 0.204 e. The van der Waals surface area contributed by atoms with E-state index in [1.807, 2.05) is 19.1 Å². The molecule has 0 fully saturated rings. The van der Waals surface area contributed by atoms with E-state index >= 15 is 0 Å². The summed E-state index contributed by atoms with van der Waals surface area (Å²) in [6.07, 6.45) is 3.83. The number of fused-ring (bicyclic) bond motifs is 1. The third-order valence-corrected chi connectivity index (χ3v) is 1.87. The van der Waals surface area contributed by atoms with Crippen LogP contribution in [0.4, 0.5) is 5.82 Å². The number of aromatic amines is 1. The Balaban J connectivity index is 2.47. The van der Waals surface area contributed by atoms with E-state index in [0.29, 0.717) is 24.8 Å². The zero-order chi connectivity index (χ0) is 9.26. The van der Waals surface area contributed by atoms with Crippen molar-refractivity contribution >= 4 is 11.9 Å². The highest BCUT2D eigenvalue weighted by Gasteiger charge is 2.20. The molecule has 2 rings (SSSR count). The van der Waals surface area contributed by atoms with Gasteiger partial charge in [-0.05, 0) is 13.0 Å². The maximum atomic E-state index is 5.70. The van der Waals surface area contributed by atoms with Crippen molar-refractivity contribution in [1.82, 2.24) is 4.98 Å². The molecule has 3 N–H and O–H groups in total. The van der Waals surface area contributed by atoms with Gasteiger partial charge < -0.3 is 20.2 Å². The molecule has 0 aliphatic carbocycles. The Morgan fingerprint density at radius 2 is 2.00 bits per heavy atom. The zero-order valence-electron chi connectivity index (χ0n) is 7.46. The number of H-pyrrole nitrogens is 1. The summed E-state index contributed by atoms with van der Waals surface area (Å²) < 4.78 is 10.8. The fraction of sp³-hybridized carbons (Fsp3) is 0.333. The van der Waals surface area contributed by atoms with Gasteiger partial charge in [-0.15, -0.1) is 0 Å². The van der Waals surface area contributed by atoms with Crippen molar-refractivity contribution in [3.8, 4) is 11.5 Å². The molecule has 13 heavy (non-hydrogen) atoms. The largest absolute Gasteiger partial charge is 0.484 e. The number of anilines is 1. The minimum absolute atomic E-state index is 0.530. The molecule has 2 heterocycles. The number of nitrogens with two attached hydrogens (primary N) is 1. The van der Waals surface area contributed by atoms with Gasteiger partial charge in [0.2, 0.25) is 5.75 Å². The fourth-order valence-electron chi connectivity index (χ4n) is 1.36. The van der Waals surface area contributed by atoms with Crippen LogP contribution in [-0.2, 0) is 0 Å². The van der Waals surface area contributed by atoms with E-state index < -0.39 is 0 Å². The first-order valence-electron chi connectivity index (χ1n) is 4.22. The molecule has 0 atom stereocenters. The van der Waals surface area contributed by atoms with Crippen molar-refractivity contribution in [2.75, 3.05) is 18.9 Å². The van der Waals surface area contributed by atoms with Crippen molar-refractivity contribution < 1.29 is 9.47 Å². The molecule has 0 radical (unpaired) electrons. The summed E-state index contributed by atoms with van der Waals surface area (Å²) in [6, 6.07) is 0. The lowest BCUT2D eigenvalue weighted by Gasteiger charge is -2.15. The second-order valence-electron chi connectivity index (χ2n) is 2.81. The number of ether oxygens (including phenoxy) is 2. The molecule has 0 saturated heterocycles. The predicted octanol–water partition coefficient (Wildman–Crippen LogP) is 1.40. The second-order valence-corrected chi connectivity index (χ2v) is 2.81. The van der Waals surface area contributed by atoms with E-state index in [-0.39, 0.29) is 0 Å². The van der Waals surface area contributed by atoms with Crippen LogP contribution in [0.1, 0.15) is 12.6 Å². The zero-order valence-corrected chi connectivity index (χ0v) is 7.46. The lowest BCUT2D eigenvalue weighted by Crippen LogP contribution is -2.15. The minimum atomic E-state index is 0.530. The number of hydrogen-bond acceptors (Lipinski definition) is 3. The summed E-state index contributed by atoms with van der Waals surface area (Å²) in [4.78, 5) is 3.00. The van der Waals surface area contributed by atoms with E-state index in [9.17, 15) is 0 Å². The van der Waals surface area contributed by atoms with Gasteiger partial charge in [-0.1, -0.05) is 6.08 Å². The Hall–Kier alpha value is -1.58. The van der Waals surface area contributed by atoms with Gasteiger partial charge in [0.05, 0.1) is 5.69 Å². The lowest BCUT2D eigenvalue weighted by molar-refractivity contribution is 0.174. The first-order chi connectivity index (χ1) is 6.33. The number of allylic oxidation sites excluding steroid dienone is 1. The van der Waals surface area contributed by atoms with Gasteiger partial charge in [-0.3, -0.25) is 0 Å². The van der Waals surface area contributed by atoms with Gasteiger partial charge >= 0.3 is 0 Å². The van der Waals surface area contributed by atoms with E-state index in [2.05, 4.69) is 4.98 Å². The van der Waals surface area contributed by atoms with Gasteiger partial charge in [0, 0.05) is 0 Å². The normalized spacial score (nSPS) is 15.2. The second kappa shape index (κ2) is 3.05. The van der Waals surface area contributed by atoms with E-state index in [0.717, 1.165) is 11.4 Å². The van der Waals surface area contributed by atoms with Crippen LogP contribution in [0, 0.1) is 0 Å². The molecule has 0 saturated carbocycles. The highest BCUT2D eigenvalue weighted by molar-refractivity contribution is 5.68. The number of hydrogen-bond donors (Lipinski definition) is 2. The average Bonchev–Trinajstić information content (AvgIpc) is 2.46. The molecule has 1 aromatic heterocycles. The highest BCUT2D eigenvalue weighted by atomic mass is 16.6. The molecular formula is C9H12N2O2. The summed E-state index contributed by atoms with van der Waals surface area (Å²) in [5, 5.41) is 0. The molecule has 1 aliphatic rings. The standard InChI is InChI=1S/C9H12N2O2/c1-2-3-6-7-8(9(10)11-6)13-5-4-12-7/h2-3,11H,4-5,10H2,1H3/b3-2+. The highest BCUT2D eigenvalue weighted by Crippen LogP contribution is 2.39. The Labute approximate surface area is 76.3 Å². The molecule has 4 heteroatoms. The van der Waals surface area contributed by atoms with Crippen LogP contribution >= 0.6 is 0 Å². The molecule has 1 aliphatic heterocycles. The van der Waals surface area contributed by atoms with Crippen LogP contribution in [-0.4, -0.2) is 18.2 Å². The van der Waals surface area contributed by atoms with Gasteiger partial charge in [0.25, 0.3) is 0 Å². The molecule has 0 unspecified atom stereocenters. The summed E-state index contributed by atoms with van der Waals surface area (Å²) in [5.41, 5.74) is 6.57. The molecule has 4 nitrogen and oxygen atoms in total. The summed E-state index contributed by atoms with van der Waals surface area (Å²) in [7, 11) is 0. The first-order valence-corrected chi connectivity index (χ1v) is 4.22. The number of aromatic nitrogens is 1. The van der Waals surface area contributed by atoms with Crippen LogP contribution in [0.15, 0.2) is 6.08 Å². The fourth-order valence-corrected chi connectivity index (χ4v) is 1.36. The van der Waals surface area contributed by atoms with Gasteiger partial charge in [0.15, 0.2) is 5.75 Å². The van der Waals surface area contributed by atoms with Gasteiger partial charge in [-0.2, -0.15) is 0 Å². The lowest BCUT2D eigenvalue weighted by atomic mass is 10.3. The third-order valence-electron chi connectivity index (χ3n) is 1.87. The first kappa shape index (κ1) is 8.04. The van der Waals surface area contributed by atoms with E-state index in [1.165, 1.54) is 0 Å². The SMILES string of the molecule is C/C=C/c1[nH]c(N)c2c1OCCO2. The number of nitrogens with one attached hydrogen (secondary N) is 1. The average molecular weight is 180 g/mol. The summed E-state index contributed by atoms with van der Waals surface area (Å²) in [6.45, 7) is 3.08. The van der Waals surface area contributed by atoms with Crippen molar-refractivity contribution in [2.24, 2.45) is 0 Å². The number of rotatable bonds is 1. The quantitative estimate of drug-likeness (QED) is 0.686. The third kappa shape index (κ3) is 1.24. The molecule has 1 aromatic rings. The summed E-state index contributed by atoms with van der Waals surface area (Å²) in [5.74, 6) is 1.89. The molecule has 0 amide bonds. The molecule has 70 valence electrons. The number of nitrogen functional groups attached to an aromatic ring is 1. The van der Waals surface area contributed by atoms with Crippen molar-refractivity contribution in [3.63, 3.8) is 0 Å². The van der Waals surface area contributed by atoms with E-state index in [4.69, 9.17) is 15.2 Å². The van der Waals surface area contributed by atoms with Gasteiger partial charge in [-0.25, -0.2) is 0 Å². The molecule has 0 bridgehead atoms. The Kier molecular flexibility index (Phi) is 1.88. The van der Waals surface area contributed by atoms with Crippen LogP contribution in [0.5, 0.6) is 11.5 Å². The van der Waals surface area contributed by atoms with Crippen molar-refractivity contribution in [1.29, 1.82) is 0 Å². The molecular weight excluding hydrogens is 168 g/mol. The van der Waals surface area contributed by atoms with Crippen LogP contribution in [0.25, 0.3) is 6.08 Å².